The predicted octanol–water partition coefficient (Wildman–Crippen LogP) is 0.432. The quantitative estimate of drug-likeness (QED) is 0.850. The number of H-pyrrole nitrogens is 1. The Bertz CT molecular complexity index is 769. The van der Waals surface area contributed by atoms with Crippen LogP contribution in [0.2, 0.25) is 0 Å². The Hall–Kier alpha value is -2.41. The Labute approximate surface area is 140 Å². The molecule has 0 aliphatic carbocycles. The minimum absolute atomic E-state index is 0.0650. The normalized spacial score (nSPS) is 18.9. The van der Waals surface area contributed by atoms with E-state index in [2.05, 4.69) is 9.97 Å². The van der Waals surface area contributed by atoms with Crippen LogP contribution in [-0.2, 0) is 16.0 Å². The zero-order chi connectivity index (χ0) is 17.3. The molecule has 7 heteroatoms. The van der Waals surface area contributed by atoms with Crippen molar-refractivity contribution in [1.29, 1.82) is 0 Å². The number of benzene rings is 1. The zero-order valence-electron chi connectivity index (χ0n) is 14.1. The molecule has 3 N–H and O–H groups in total. The Kier molecular flexibility index (Phi) is 4.53. The third-order valence-electron chi connectivity index (χ3n) is 4.62. The highest BCUT2D eigenvalue weighted by atomic mass is 16.2. The van der Waals surface area contributed by atoms with Crippen LogP contribution in [0.5, 0.6) is 0 Å². The van der Waals surface area contributed by atoms with Crippen molar-refractivity contribution in [2.24, 2.45) is 5.73 Å². The molecule has 128 valence electrons. The molecule has 0 bridgehead atoms. The van der Waals surface area contributed by atoms with Crippen LogP contribution >= 0.6 is 0 Å². The first-order valence-electron chi connectivity index (χ1n) is 8.16. The first-order valence-corrected chi connectivity index (χ1v) is 8.16. The molecule has 2 amide bonds. The molecule has 1 aromatic carbocycles. The fourth-order valence-corrected chi connectivity index (χ4v) is 3.16. The van der Waals surface area contributed by atoms with Crippen molar-refractivity contribution in [2.45, 2.75) is 25.8 Å². The van der Waals surface area contributed by atoms with Crippen LogP contribution in [0, 0.1) is 6.92 Å². The minimum atomic E-state index is -0.396. The van der Waals surface area contributed by atoms with Crippen LogP contribution < -0.4 is 5.73 Å². The molecule has 0 saturated carbocycles. The number of carbonyl (C=O) groups is 2. The molecule has 2 heterocycles. The molecule has 3 rings (SSSR count). The van der Waals surface area contributed by atoms with Crippen LogP contribution in [0.25, 0.3) is 11.0 Å². The predicted molar refractivity (Wildman–Crippen MR) is 91.3 cm³/mol. The summed E-state index contributed by atoms with van der Waals surface area (Å²) >= 11 is 0. The lowest BCUT2D eigenvalue weighted by Crippen LogP contribution is -2.57. The maximum atomic E-state index is 12.4. The summed E-state index contributed by atoms with van der Waals surface area (Å²) in [6.07, 6.45) is 1.09. The van der Waals surface area contributed by atoms with Gasteiger partial charge in [-0.2, -0.15) is 0 Å². The van der Waals surface area contributed by atoms with Crippen LogP contribution in [0.3, 0.4) is 0 Å². The van der Waals surface area contributed by atoms with E-state index in [0.29, 0.717) is 32.5 Å². The molecule has 2 aromatic rings. The molecule has 0 spiro atoms. The maximum Gasteiger partial charge on any atom is 0.236 e. The van der Waals surface area contributed by atoms with Gasteiger partial charge >= 0.3 is 0 Å². The number of primary amides is 1. The molecule has 0 unspecified atom stereocenters. The second kappa shape index (κ2) is 6.60. The molecule has 1 fully saturated rings. The van der Waals surface area contributed by atoms with Crippen LogP contribution in [0.15, 0.2) is 18.2 Å². The number of nitrogens with zero attached hydrogens (tertiary/aromatic N) is 3. The fraction of sp³-hybridized carbons (Fsp3) is 0.471. The van der Waals surface area contributed by atoms with E-state index in [0.717, 1.165) is 22.4 Å². The van der Waals surface area contributed by atoms with Gasteiger partial charge in [-0.25, -0.2) is 4.98 Å². The van der Waals surface area contributed by atoms with E-state index in [9.17, 15) is 9.59 Å². The minimum Gasteiger partial charge on any atom is -0.368 e. The first kappa shape index (κ1) is 16.4. The molecule has 1 aliphatic rings. The molecule has 7 nitrogen and oxygen atoms in total. The summed E-state index contributed by atoms with van der Waals surface area (Å²) in [7, 11) is 1.86. The van der Waals surface area contributed by atoms with Gasteiger partial charge in [-0.3, -0.25) is 14.5 Å². The highest BCUT2D eigenvalue weighted by Crippen LogP contribution is 2.16. The lowest BCUT2D eigenvalue weighted by atomic mass is 10.1. The van der Waals surface area contributed by atoms with Gasteiger partial charge in [-0.1, -0.05) is 6.07 Å². The third kappa shape index (κ3) is 3.41. The number of rotatable bonds is 4. The summed E-state index contributed by atoms with van der Waals surface area (Å²) in [6.45, 7) is 3.60. The van der Waals surface area contributed by atoms with E-state index in [4.69, 9.17) is 5.73 Å². The lowest BCUT2D eigenvalue weighted by molar-refractivity contribution is -0.136. The number of hydrogen-bond acceptors (Lipinski definition) is 4. The van der Waals surface area contributed by atoms with E-state index in [1.54, 1.807) is 4.90 Å². The maximum absolute atomic E-state index is 12.4. The van der Waals surface area contributed by atoms with Gasteiger partial charge in [0.2, 0.25) is 11.8 Å². The van der Waals surface area contributed by atoms with E-state index >= 15 is 0 Å². The summed E-state index contributed by atoms with van der Waals surface area (Å²) < 4.78 is 0. The molecule has 24 heavy (non-hydrogen) atoms. The average molecular weight is 329 g/mol. The number of nitrogens with two attached hydrogens (primary N) is 1. The van der Waals surface area contributed by atoms with Crippen molar-refractivity contribution in [3.63, 3.8) is 0 Å². The fourth-order valence-electron chi connectivity index (χ4n) is 3.16. The molecule has 1 aliphatic heterocycles. The molecule has 1 saturated heterocycles. The van der Waals surface area contributed by atoms with Crippen LogP contribution in [-0.4, -0.2) is 64.3 Å². The number of amides is 2. The summed E-state index contributed by atoms with van der Waals surface area (Å²) in [5.74, 6) is 0.568. The van der Waals surface area contributed by atoms with Gasteiger partial charge < -0.3 is 15.6 Å². The van der Waals surface area contributed by atoms with Gasteiger partial charge in [0.1, 0.15) is 11.9 Å². The number of hydrogen-bond donors (Lipinski definition) is 2. The summed E-state index contributed by atoms with van der Waals surface area (Å²) in [5, 5.41) is 0. The number of carbonyl (C=O) groups excluding carboxylic acids is 2. The number of piperazine rings is 1. The second-order valence-electron chi connectivity index (χ2n) is 6.41. The van der Waals surface area contributed by atoms with Gasteiger partial charge in [0, 0.05) is 26.1 Å². The number of aromatic nitrogens is 2. The average Bonchev–Trinajstić information content (AvgIpc) is 2.92. The number of aromatic amines is 1. The SMILES string of the molecule is Cc1nc2ccc(CCC(=O)N3CCN(C)[C@@H](C(N)=O)C3)cc2[nH]1. The lowest BCUT2D eigenvalue weighted by Gasteiger charge is -2.37. The third-order valence-corrected chi connectivity index (χ3v) is 4.62. The van der Waals surface area contributed by atoms with E-state index < -0.39 is 6.04 Å². The van der Waals surface area contributed by atoms with Crippen LogP contribution in [0.4, 0.5) is 0 Å². The number of imidazole rings is 1. The number of fused-ring (bicyclic) bond motifs is 1. The zero-order valence-corrected chi connectivity index (χ0v) is 14.1. The summed E-state index contributed by atoms with van der Waals surface area (Å²) in [4.78, 5) is 35.2. The Morgan fingerprint density at radius 2 is 2.17 bits per heavy atom. The van der Waals surface area contributed by atoms with Gasteiger partial charge in [-0.05, 0) is 38.1 Å². The van der Waals surface area contributed by atoms with E-state index in [1.165, 1.54) is 0 Å². The monoisotopic (exact) mass is 329 g/mol. The van der Waals surface area contributed by atoms with Gasteiger partial charge in [0.15, 0.2) is 0 Å². The second-order valence-corrected chi connectivity index (χ2v) is 6.41. The highest BCUT2D eigenvalue weighted by Gasteiger charge is 2.30. The number of aryl methyl sites for hydroxylation is 2. The van der Waals surface area contributed by atoms with Crippen molar-refractivity contribution < 1.29 is 9.59 Å². The topological polar surface area (TPSA) is 95.3 Å². The Balaban J connectivity index is 1.60. The molecular weight excluding hydrogens is 306 g/mol. The first-order chi connectivity index (χ1) is 11.4. The van der Waals surface area contributed by atoms with Crippen molar-refractivity contribution in [3.8, 4) is 0 Å². The Morgan fingerprint density at radius 1 is 1.38 bits per heavy atom. The summed E-state index contributed by atoms with van der Waals surface area (Å²) in [6, 6.07) is 5.62. The Morgan fingerprint density at radius 3 is 2.92 bits per heavy atom. The molecular formula is C17H23N5O2. The van der Waals surface area contributed by atoms with Crippen molar-refractivity contribution in [3.05, 3.63) is 29.6 Å². The molecule has 1 aromatic heterocycles. The van der Waals surface area contributed by atoms with Crippen molar-refractivity contribution >= 4 is 22.8 Å². The van der Waals surface area contributed by atoms with Gasteiger partial charge in [-0.15, -0.1) is 0 Å². The molecule has 1 atom stereocenters. The highest BCUT2D eigenvalue weighted by molar-refractivity contribution is 5.82. The van der Waals surface area contributed by atoms with E-state index in [-0.39, 0.29) is 11.8 Å². The number of nitrogens with one attached hydrogen (secondary N) is 1. The van der Waals surface area contributed by atoms with Crippen LogP contribution in [0.1, 0.15) is 17.8 Å². The van der Waals surface area contributed by atoms with Crippen molar-refractivity contribution in [1.82, 2.24) is 19.8 Å². The smallest absolute Gasteiger partial charge is 0.236 e. The number of likely N-dealkylation sites (N-methyl/N-ethyl adjacent to an activating group) is 1. The largest absolute Gasteiger partial charge is 0.368 e. The summed E-state index contributed by atoms with van der Waals surface area (Å²) in [5.41, 5.74) is 8.44. The standard InChI is InChI=1S/C17H23N5O2/c1-11-19-13-5-3-12(9-14(13)20-11)4-6-16(23)22-8-7-21(2)15(10-22)17(18)24/h3,5,9,15H,4,6-8,10H2,1-2H3,(H2,18,24)(H,19,20)/t15-/m1/s1. The van der Waals surface area contributed by atoms with E-state index in [1.807, 2.05) is 37.1 Å². The van der Waals surface area contributed by atoms with Gasteiger partial charge in [0.25, 0.3) is 0 Å². The van der Waals surface area contributed by atoms with Crippen molar-refractivity contribution in [2.75, 3.05) is 26.7 Å². The van der Waals surface area contributed by atoms with Gasteiger partial charge in [0.05, 0.1) is 11.0 Å². The molecule has 0 radical (unpaired) electrons.